The van der Waals surface area contributed by atoms with Crippen molar-refractivity contribution in [3.63, 3.8) is 0 Å². The predicted octanol–water partition coefficient (Wildman–Crippen LogP) is 4.90. The van der Waals surface area contributed by atoms with E-state index in [4.69, 9.17) is 5.84 Å². The number of hydrogen-bond donors (Lipinski definition) is 2. The molecule has 0 saturated heterocycles. The van der Waals surface area contributed by atoms with Crippen LogP contribution in [0.4, 0.5) is 17.1 Å². The van der Waals surface area contributed by atoms with Gasteiger partial charge in [0.15, 0.2) is 0 Å². The molecule has 1 aliphatic rings. The Hall–Kier alpha value is -3.64. The molecule has 3 aromatic carbocycles. The normalized spacial score (nSPS) is 17.4. The molecule has 2 unspecified atom stereocenters. The molecule has 4 rings (SSSR count). The van der Waals surface area contributed by atoms with Gasteiger partial charge in [0.05, 0.1) is 6.04 Å². The third kappa shape index (κ3) is 3.97. The highest BCUT2D eigenvalue weighted by Gasteiger charge is 2.38. The van der Waals surface area contributed by atoms with Crippen LogP contribution in [0.15, 0.2) is 78.9 Å². The van der Waals surface area contributed by atoms with E-state index in [-0.39, 0.29) is 23.9 Å². The number of rotatable bonds is 5. The van der Waals surface area contributed by atoms with Crippen LogP contribution in [0.25, 0.3) is 0 Å². The van der Waals surface area contributed by atoms with Gasteiger partial charge in [0, 0.05) is 35.1 Å². The van der Waals surface area contributed by atoms with Crippen molar-refractivity contribution in [1.82, 2.24) is 0 Å². The zero-order chi connectivity index (χ0) is 22.7. The van der Waals surface area contributed by atoms with Gasteiger partial charge in [-0.2, -0.15) is 0 Å². The van der Waals surface area contributed by atoms with Crippen LogP contribution in [0, 0.1) is 0 Å². The third-order valence-electron chi connectivity index (χ3n) is 5.99. The topological polar surface area (TPSA) is 78.7 Å². The van der Waals surface area contributed by atoms with E-state index in [1.54, 1.807) is 24.3 Å². The van der Waals surface area contributed by atoms with E-state index in [0.717, 1.165) is 22.6 Å². The third-order valence-corrected chi connectivity index (χ3v) is 5.99. The molecule has 164 valence electrons. The standard InChI is InChI=1S/C26H28N4O2/c1-3-25(31)30(21-9-5-4-6-10-21)24-17-18(2)29(23-12-8-7-11-22(23)24)26(32)19-13-15-20(28-27)16-14-19/h4-16,18,24,28H,3,17,27H2,1-2H3. The number of nitrogens with zero attached hydrogens (tertiary/aromatic N) is 2. The molecular weight excluding hydrogens is 400 g/mol. The van der Waals surface area contributed by atoms with Gasteiger partial charge in [-0.3, -0.25) is 15.4 Å². The number of nitrogens with two attached hydrogens (primary N) is 1. The van der Waals surface area contributed by atoms with Crippen LogP contribution < -0.4 is 21.1 Å². The highest BCUT2D eigenvalue weighted by molar-refractivity contribution is 6.07. The lowest BCUT2D eigenvalue weighted by Crippen LogP contribution is -2.47. The number of amides is 2. The second-order valence-electron chi connectivity index (χ2n) is 8.01. The van der Waals surface area contributed by atoms with E-state index in [9.17, 15) is 9.59 Å². The lowest BCUT2D eigenvalue weighted by molar-refractivity contribution is -0.118. The Morgan fingerprint density at radius 1 is 1.00 bits per heavy atom. The van der Waals surface area contributed by atoms with Gasteiger partial charge in [-0.25, -0.2) is 0 Å². The van der Waals surface area contributed by atoms with E-state index < -0.39 is 0 Å². The first-order chi connectivity index (χ1) is 15.5. The minimum Gasteiger partial charge on any atom is -0.324 e. The Labute approximate surface area is 188 Å². The Kier molecular flexibility index (Phi) is 6.23. The summed E-state index contributed by atoms with van der Waals surface area (Å²) < 4.78 is 0. The Bertz CT molecular complexity index is 1100. The average molecular weight is 429 g/mol. The number of nitrogens with one attached hydrogen (secondary N) is 1. The van der Waals surface area contributed by atoms with Gasteiger partial charge in [-0.15, -0.1) is 0 Å². The number of carbonyl (C=O) groups is 2. The molecule has 0 bridgehead atoms. The number of fused-ring (bicyclic) bond motifs is 1. The summed E-state index contributed by atoms with van der Waals surface area (Å²) in [6.45, 7) is 3.92. The number of benzene rings is 3. The molecule has 0 spiro atoms. The number of para-hydroxylation sites is 2. The summed E-state index contributed by atoms with van der Waals surface area (Å²) in [5.74, 6) is 5.45. The minimum atomic E-state index is -0.149. The van der Waals surface area contributed by atoms with E-state index in [1.807, 2.05) is 78.2 Å². The summed E-state index contributed by atoms with van der Waals surface area (Å²) in [6.07, 6.45) is 1.05. The Morgan fingerprint density at radius 3 is 2.31 bits per heavy atom. The van der Waals surface area contributed by atoms with Crippen molar-refractivity contribution in [2.75, 3.05) is 15.2 Å². The smallest absolute Gasteiger partial charge is 0.258 e. The molecular formula is C26H28N4O2. The second kappa shape index (κ2) is 9.24. The number of carbonyl (C=O) groups excluding carboxylic acids is 2. The van der Waals surface area contributed by atoms with E-state index >= 15 is 0 Å². The Balaban J connectivity index is 1.76. The van der Waals surface area contributed by atoms with Crippen molar-refractivity contribution < 1.29 is 9.59 Å². The number of hydrazine groups is 1. The zero-order valence-electron chi connectivity index (χ0n) is 18.4. The summed E-state index contributed by atoms with van der Waals surface area (Å²) in [4.78, 5) is 30.3. The van der Waals surface area contributed by atoms with Crippen molar-refractivity contribution >= 4 is 28.9 Å². The second-order valence-corrected chi connectivity index (χ2v) is 8.01. The fraction of sp³-hybridized carbons (Fsp3) is 0.231. The van der Waals surface area contributed by atoms with Crippen LogP contribution in [0.1, 0.15) is 48.7 Å². The van der Waals surface area contributed by atoms with Gasteiger partial charge < -0.3 is 15.2 Å². The lowest BCUT2D eigenvalue weighted by Gasteiger charge is -2.43. The molecule has 2 amide bonds. The largest absolute Gasteiger partial charge is 0.324 e. The molecule has 3 N–H and O–H groups in total. The SMILES string of the molecule is CCC(=O)N(c1ccccc1)C1CC(C)N(C(=O)c2ccc(NN)cc2)c2ccccc21. The van der Waals surface area contributed by atoms with Gasteiger partial charge in [-0.1, -0.05) is 43.3 Å². The first kappa shape index (κ1) is 21.6. The molecule has 1 aliphatic heterocycles. The van der Waals surface area contributed by atoms with Gasteiger partial charge in [0.2, 0.25) is 5.91 Å². The van der Waals surface area contributed by atoms with Crippen molar-refractivity contribution in [2.24, 2.45) is 5.84 Å². The zero-order valence-corrected chi connectivity index (χ0v) is 18.4. The molecule has 0 fully saturated rings. The molecule has 1 heterocycles. The van der Waals surface area contributed by atoms with Crippen LogP contribution in [0.5, 0.6) is 0 Å². The van der Waals surface area contributed by atoms with Crippen molar-refractivity contribution in [2.45, 2.75) is 38.8 Å². The van der Waals surface area contributed by atoms with Crippen LogP contribution in [-0.2, 0) is 4.79 Å². The molecule has 32 heavy (non-hydrogen) atoms. The van der Waals surface area contributed by atoms with Crippen LogP contribution in [-0.4, -0.2) is 17.9 Å². The number of hydrogen-bond acceptors (Lipinski definition) is 4. The molecule has 3 aromatic rings. The summed E-state index contributed by atoms with van der Waals surface area (Å²) in [6, 6.07) is 24.5. The minimum absolute atomic E-state index is 0.0628. The van der Waals surface area contributed by atoms with E-state index in [0.29, 0.717) is 18.4 Å². The highest BCUT2D eigenvalue weighted by atomic mass is 16.2. The average Bonchev–Trinajstić information content (AvgIpc) is 2.84. The maximum Gasteiger partial charge on any atom is 0.258 e. The van der Waals surface area contributed by atoms with Crippen LogP contribution in [0.2, 0.25) is 0 Å². The summed E-state index contributed by atoms with van der Waals surface area (Å²) in [5, 5.41) is 0. The predicted molar refractivity (Wildman–Crippen MR) is 129 cm³/mol. The molecule has 0 radical (unpaired) electrons. The van der Waals surface area contributed by atoms with Gasteiger partial charge in [0.25, 0.3) is 5.91 Å². The molecule has 0 aliphatic carbocycles. The maximum atomic E-state index is 13.5. The van der Waals surface area contributed by atoms with Crippen LogP contribution >= 0.6 is 0 Å². The maximum absolute atomic E-state index is 13.5. The van der Waals surface area contributed by atoms with Gasteiger partial charge >= 0.3 is 0 Å². The highest BCUT2D eigenvalue weighted by Crippen LogP contribution is 2.42. The monoisotopic (exact) mass is 428 g/mol. The van der Waals surface area contributed by atoms with Crippen molar-refractivity contribution in [3.8, 4) is 0 Å². The Morgan fingerprint density at radius 2 is 1.66 bits per heavy atom. The van der Waals surface area contributed by atoms with Gasteiger partial charge in [-0.05, 0) is 61.4 Å². The fourth-order valence-corrected chi connectivity index (χ4v) is 4.44. The number of nitrogen functional groups attached to an aromatic ring is 1. The first-order valence-electron chi connectivity index (χ1n) is 10.9. The summed E-state index contributed by atoms with van der Waals surface area (Å²) >= 11 is 0. The molecule has 0 aromatic heterocycles. The quantitative estimate of drug-likeness (QED) is 0.448. The molecule has 6 heteroatoms. The molecule has 2 atom stereocenters. The van der Waals surface area contributed by atoms with E-state index in [1.165, 1.54) is 0 Å². The van der Waals surface area contributed by atoms with Crippen molar-refractivity contribution in [1.29, 1.82) is 0 Å². The number of anilines is 3. The molecule has 0 saturated carbocycles. The molecule has 6 nitrogen and oxygen atoms in total. The van der Waals surface area contributed by atoms with E-state index in [2.05, 4.69) is 5.43 Å². The van der Waals surface area contributed by atoms with Crippen molar-refractivity contribution in [3.05, 3.63) is 90.0 Å². The lowest BCUT2D eigenvalue weighted by atomic mass is 9.89. The van der Waals surface area contributed by atoms with Gasteiger partial charge in [0.1, 0.15) is 0 Å². The first-order valence-corrected chi connectivity index (χ1v) is 10.9. The van der Waals surface area contributed by atoms with Crippen LogP contribution in [0.3, 0.4) is 0 Å². The summed E-state index contributed by atoms with van der Waals surface area (Å²) in [5.41, 5.74) is 6.60. The fourth-order valence-electron chi connectivity index (χ4n) is 4.44. The summed E-state index contributed by atoms with van der Waals surface area (Å²) in [7, 11) is 0.